The highest BCUT2D eigenvalue weighted by molar-refractivity contribution is 5.60. The first-order chi connectivity index (χ1) is 7.35. The van der Waals surface area contributed by atoms with Crippen molar-refractivity contribution < 1.29 is 0 Å². The monoisotopic (exact) mass is 200 g/mol. The lowest BCUT2D eigenvalue weighted by atomic mass is 9.85. The van der Waals surface area contributed by atoms with E-state index in [1.54, 1.807) is 5.56 Å². The number of fused-ring (bicyclic) bond motifs is 1. The molecule has 0 saturated carbocycles. The van der Waals surface area contributed by atoms with E-state index in [-0.39, 0.29) is 0 Å². The third-order valence-corrected chi connectivity index (χ3v) is 3.34. The lowest BCUT2D eigenvalue weighted by Crippen LogP contribution is -2.08. The molecule has 1 aliphatic carbocycles. The van der Waals surface area contributed by atoms with E-state index in [9.17, 15) is 0 Å². The summed E-state index contributed by atoms with van der Waals surface area (Å²) in [6, 6.07) is 6.75. The molecule has 0 spiro atoms. The van der Waals surface area contributed by atoms with E-state index in [4.69, 9.17) is 0 Å². The van der Waals surface area contributed by atoms with E-state index < -0.39 is 0 Å². The molecule has 1 aromatic carbocycles. The standard InChI is InChI=1S/C15H20/c1-3-6-12-9-10-15-13(4-2)7-5-8-14(15)11-12/h5,7-10,12H,3-4,6,11H2,1-2H3/t12-/m0/s1. The summed E-state index contributed by atoms with van der Waals surface area (Å²) < 4.78 is 0. The van der Waals surface area contributed by atoms with Crippen molar-refractivity contribution in [2.75, 3.05) is 0 Å². The van der Waals surface area contributed by atoms with E-state index >= 15 is 0 Å². The molecule has 0 bridgehead atoms. The Bertz CT molecular complexity index is 360. The highest BCUT2D eigenvalue weighted by atomic mass is 14.2. The fourth-order valence-corrected chi connectivity index (χ4v) is 2.52. The van der Waals surface area contributed by atoms with Crippen molar-refractivity contribution in [3.8, 4) is 0 Å². The SMILES string of the molecule is CCC[C@H]1C=Cc2c(CC)cccc2C1. The van der Waals surface area contributed by atoms with Crippen LogP contribution in [0.3, 0.4) is 0 Å². The van der Waals surface area contributed by atoms with Gasteiger partial charge in [0.25, 0.3) is 0 Å². The lowest BCUT2D eigenvalue weighted by molar-refractivity contribution is 0.574. The molecule has 2 rings (SSSR count). The van der Waals surface area contributed by atoms with Gasteiger partial charge in [0.05, 0.1) is 0 Å². The van der Waals surface area contributed by atoms with E-state index in [2.05, 4.69) is 44.2 Å². The Labute approximate surface area is 93.0 Å². The minimum absolute atomic E-state index is 0.773. The molecule has 0 N–H and O–H groups in total. The van der Waals surface area contributed by atoms with Crippen LogP contribution in [0, 0.1) is 5.92 Å². The van der Waals surface area contributed by atoms with E-state index in [0.29, 0.717) is 0 Å². The molecule has 80 valence electrons. The van der Waals surface area contributed by atoms with Crippen molar-refractivity contribution in [1.29, 1.82) is 0 Å². The van der Waals surface area contributed by atoms with Crippen LogP contribution in [-0.2, 0) is 12.8 Å². The Hall–Kier alpha value is -1.04. The summed E-state index contributed by atoms with van der Waals surface area (Å²) in [7, 11) is 0. The third-order valence-electron chi connectivity index (χ3n) is 3.34. The van der Waals surface area contributed by atoms with Crippen molar-refractivity contribution in [3.63, 3.8) is 0 Å². The predicted molar refractivity (Wildman–Crippen MR) is 67.0 cm³/mol. The minimum atomic E-state index is 0.773. The van der Waals surface area contributed by atoms with Gasteiger partial charge < -0.3 is 0 Å². The molecular formula is C15H20. The smallest absolute Gasteiger partial charge is 0.0190 e. The van der Waals surface area contributed by atoms with E-state index in [1.807, 2.05) is 0 Å². The van der Waals surface area contributed by atoms with Gasteiger partial charge in [-0.05, 0) is 41.9 Å². The normalized spacial score (nSPS) is 18.9. The summed E-state index contributed by atoms with van der Waals surface area (Å²) in [6.45, 7) is 4.51. The topological polar surface area (TPSA) is 0 Å². The minimum Gasteiger partial charge on any atom is -0.0805 e. The maximum absolute atomic E-state index is 2.41. The summed E-state index contributed by atoms with van der Waals surface area (Å²) in [4.78, 5) is 0. The van der Waals surface area contributed by atoms with Crippen LogP contribution in [0.25, 0.3) is 6.08 Å². The molecule has 1 atom stereocenters. The van der Waals surface area contributed by atoms with Crippen LogP contribution >= 0.6 is 0 Å². The third kappa shape index (κ3) is 2.14. The van der Waals surface area contributed by atoms with Gasteiger partial charge in [-0.2, -0.15) is 0 Å². The predicted octanol–water partition coefficient (Wildman–Crippen LogP) is 4.23. The Morgan fingerprint density at radius 3 is 2.87 bits per heavy atom. The van der Waals surface area contributed by atoms with Crippen LogP contribution in [0.4, 0.5) is 0 Å². The van der Waals surface area contributed by atoms with Gasteiger partial charge in [0.1, 0.15) is 0 Å². The molecule has 0 heteroatoms. The van der Waals surface area contributed by atoms with Gasteiger partial charge in [0.2, 0.25) is 0 Å². The summed E-state index contributed by atoms with van der Waals surface area (Å²) in [6.07, 6.45) is 9.76. The highest BCUT2D eigenvalue weighted by Gasteiger charge is 2.14. The quantitative estimate of drug-likeness (QED) is 0.684. The average molecular weight is 200 g/mol. The van der Waals surface area contributed by atoms with Gasteiger partial charge in [-0.3, -0.25) is 0 Å². The summed E-state index contributed by atoms with van der Waals surface area (Å²) in [5.74, 6) is 0.773. The molecular weight excluding hydrogens is 180 g/mol. The van der Waals surface area contributed by atoms with Crippen molar-refractivity contribution in [1.82, 2.24) is 0 Å². The molecule has 1 aromatic rings. The van der Waals surface area contributed by atoms with Crippen LogP contribution in [0.15, 0.2) is 24.3 Å². The zero-order valence-corrected chi connectivity index (χ0v) is 9.79. The first-order valence-electron chi connectivity index (χ1n) is 6.14. The molecule has 1 aliphatic rings. The Kier molecular flexibility index (Phi) is 3.25. The molecule has 0 aromatic heterocycles. The van der Waals surface area contributed by atoms with Gasteiger partial charge in [0, 0.05) is 0 Å². The molecule has 15 heavy (non-hydrogen) atoms. The second-order valence-corrected chi connectivity index (χ2v) is 4.46. The molecule has 0 amide bonds. The molecule has 0 aliphatic heterocycles. The van der Waals surface area contributed by atoms with E-state index in [0.717, 1.165) is 12.3 Å². The second-order valence-electron chi connectivity index (χ2n) is 4.46. The summed E-state index contributed by atoms with van der Waals surface area (Å²) in [5.41, 5.74) is 4.54. The van der Waals surface area contributed by atoms with E-state index in [1.165, 1.54) is 30.4 Å². The van der Waals surface area contributed by atoms with Crippen molar-refractivity contribution in [2.45, 2.75) is 39.5 Å². The molecule has 0 saturated heterocycles. The number of hydrogen-bond acceptors (Lipinski definition) is 0. The maximum Gasteiger partial charge on any atom is -0.0190 e. The van der Waals surface area contributed by atoms with Crippen molar-refractivity contribution >= 4 is 6.08 Å². The Balaban J connectivity index is 2.27. The molecule has 0 radical (unpaired) electrons. The molecule has 0 unspecified atom stereocenters. The first kappa shape index (κ1) is 10.5. The van der Waals surface area contributed by atoms with Crippen LogP contribution in [0.5, 0.6) is 0 Å². The van der Waals surface area contributed by atoms with Crippen molar-refractivity contribution in [3.05, 3.63) is 41.0 Å². The number of hydrogen-bond donors (Lipinski definition) is 0. The lowest BCUT2D eigenvalue weighted by Gasteiger charge is -2.20. The summed E-state index contributed by atoms with van der Waals surface area (Å²) >= 11 is 0. The largest absolute Gasteiger partial charge is 0.0805 e. The van der Waals surface area contributed by atoms with Crippen LogP contribution in [0.1, 0.15) is 43.4 Å². The average Bonchev–Trinajstić information content (AvgIpc) is 2.28. The first-order valence-corrected chi connectivity index (χ1v) is 6.14. The summed E-state index contributed by atoms with van der Waals surface area (Å²) in [5, 5.41) is 0. The number of rotatable bonds is 3. The number of benzene rings is 1. The van der Waals surface area contributed by atoms with Gasteiger partial charge in [-0.1, -0.05) is 50.6 Å². The zero-order valence-electron chi connectivity index (χ0n) is 9.79. The van der Waals surface area contributed by atoms with Gasteiger partial charge >= 0.3 is 0 Å². The van der Waals surface area contributed by atoms with Gasteiger partial charge in [-0.15, -0.1) is 0 Å². The van der Waals surface area contributed by atoms with Gasteiger partial charge in [-0.25, -0.2) is 0 Å². The van der Waals surface area contributed by atoms with Crippen LogP contribution in [-0.4, -0.2) is 0 Å². The highest BCUT2D eigenvalue weighted by Crippen LogP contribution is 2.28. The molecule has 0 heterocycles. The van der Waals surface area contributed by atoms with Gasteiger partial charge in [0.15, 0.2) is 0 Å². The molecule has 0 nitrogen and oxygen atoms in total. The van der Waals surface area contributed by atoms with Crippen molar-refractivity contribution in [2.24, 2.45) is 5.92 Å². The zero-order chi connectivity index (χ0) is 10.7. The Morgan fingerprint density at radius 1 is 1.27 bits per heavy atom. The maximum atomic E-state index is 2.41. The molecule has 0 fully saturated rings. The number of aryl methyl sites for hydroxylation is 1. The van der Waals surface area contributed by atoms with Crippen LogP contribution in [0.2, 0.25) is 0 Å². The number of allylic oxidation sites excluding steroid dienone is 1. The fraction of sp³-hybridized carbons (Fsp3) is 0.467. The van der Waals surface area contributed by atoms with Crippen LogP contribution < -0.4 is 0 Å². The Morgan fingerprint density at radius 2 is 2.13 bits per heavy atom. The second kappa shape index (κ2) is 4.65. The fourth-order valence-electron chi connectivity index (χ4n) is 2.52.